The molecule has 0 bridgehead atoms. The van der Waals surface area contributed by atoms with E-state index in [0.29, 0.717) is 19.0 Å². The molecule has 0 fully saturated rings. The first-order chi connectivity index (χ1) is 14.0. The van der Waals surface area contributed by atoms with E-state index in [1.165, 1.54) is 6.08 Å². The maximum absolute atomic E-state index is 12.6. The van der Waals surface area contributed by atoms with Crippen LogP contribution in [0.25, 0.3) is 17.0 Å². The number of hydrogen-bond acceptors (Lipinski definition) is 4. The van der Waals surface area contributed by atoms with Gasteiger partial charge in [0, 0.05) is 43.1 Å². The fourth-order valence-electron chi connectivity index (χ4n) is 3.38. The first-order valence-corrected chi connectivity index (χ1v) is 9.34. The van der Waals surface area contributed by atoms with Crippen molar-refractivity contribution in [2.45, 2.75) is 13.2 Å². The highest BCUT2D eigenvalue weighted by Crippen LogP contribution is 2.20. The van der Waals surface area contributed by atoms with Crippen LogP contribution in [-0.2, 0) is 34.5 Å². The molecule has 1 N–H and O–H groups in total. The second-order valence-corrected chi connectivity index (χ2v) is 7.10. The van der Waals surface area contributed by atoms with Gasteiger partial charge in [-0.1, -0.05) is 18.2 Å². The quantitative estimate of drug-likeness (QED) is 0.695. The third kappa shape index (κ3) is 4.05. The minimum atomic E-state index is -0.218. The number of likely N-dealkylation sites (N-methyl/N-ethyl adjacent to an activating group) is 1. The summed E-state index contributed by atoms with van der Waals surface area (Å²) in [4.78, 5) is 30.0. The maximum atomic E-state index is 12.6. The lowest BCUT2D eigenvalue weighted by molar-refractivity contribution is -0.125. The van der Waals surface area contributed by atoms with Crippen LogP contribution >= 0.6 is 0 Å². The van der Waals surface area contributed by atoms with Crippen LogP contribution < -0.4 is 5.32 Å². The molecule has 7 heteroatoms. The molecule has 1 aromatic carbocycles. The van der Waals surface area contributed by atoms with E-state index in [-0.39, 0.29) is 18.4 Å². The molecular formula is C22H22N4O3. The first kappa shape index (κ1) is 18.9. The fraction of sp³-hybridized carbons (Fsp3) is 0.227. The number of rotatable bonds is 4. The lowest BCUT2D eigenvalue weighted by Gasteiger charge is -2.16. The molecule has 3 aromatic rings. The first-order valence-electron chi connectivity index (χ1n) is 9.34. The third-order valence-corrected chi connectivity index (χ3v) is 4.98. The summed E-state index contributed by atoms with van der Waals surface area (Å²) in [6, 6.07) is 12.1. The molecule has 148 valence electrons. The van der Waals surface area contributed by atoms with Crippen molar-refractivity contribution in [3.05, 3.63) is 65.5 Å². The summed E-state index contributed by atoms with van der Waals surface area (Å²) in [5, 5.41) is 3.86. The number of nitrogens with zero attached hydrogens (tertiary/aromatic N) is 3. The third-order valence-electron chi connectivity index (χ3n) is 4.98. The summed E-state index contributed by atoms with van der Waals surface area (Å²) in [5.74, 6) is 0.184. The van der Waals surface area contributed by atoms with Crippen LogP contribution in [0.15, 0.2) is 48.7 Å². The molecule has 0 atom stereocenters. The van der Waals surface area contributed by atoms with E-state index in [2.05, 4.69) is 33.1 Å². The van der Waals surface area contributed by atoms with E-state index < -0.39 is 0 Å². The minimum Gasteiger partial charge on any atom is -0.367 e. The van der Waals surface area contributed by atoms with Crippen molar-refractivity contribution < 1.29 is 14.3 Å². The molecule has 0 radical (unpaired) electrons. The number of amides is 2. The average molecular weight is 390 g/mol. The number of aromatic nitrogens is 2. The van der Waals surface area contributed by atoms with Gasteiger partial charge >= 0.3 is 0 Å². The molecule has 0 saturated heterocycles. The Balaban J connectivity index is 1.45. The normalized spacial score (nSPS) is 13.9. The molecule has 1 aliphatic rings. The van der Waals surface area contributed by atoms with Gasteiger partial charge in [-0.05, 0) is 35.2 Å². The highest BCUT2D eigenvalue weighted by atomic mass is 16.5. The Labute approximate surface area is 168 Å². The Bertz CT molecular complexity index is 1120. The molecule has 29 heavy (non-hydrogen) atoms. The van der Waals surface area contributed by atoms with Crippen LogP contribution in [0.2, 0.25) is 0 Å². The average Bonchev–Trinajstić information content (AvgIpc) is 2.90. The topological polar surface area (TPSA) is 76.5 Å². The van der Waals surface area contributed by atoms with E-state index in [4.69, 9.17) is 4.74 Å². The van der Waals surface area contributed by atoms with Crippen LogP contribution in [0.3, 0.4) is 0 Å². The van der Waals surface area contributed by atoms with Crippen molar-refractivity contribution in [2.24, 2.45) is 7.05 Å². The zero-order valence-corrected chi connectivity index (χ0v) is 16.4. The van der Waals surface area contributed by atoms with Gasteiger partial charge in [0.05, 0.1) is 13.2 Å². The van der Waals surface area contributed by atoms with E-state index in [1.54, 1.807) is 24.2 Å². The van der Waals surface area contributed by atoms with Gasteiger partial charge in [-0.25, -0.2) is 4.98 Å². The van der Waals surface area contributed by atoms with Crippen molar-refractivity contribution in [1.82, 2.24) is 14.5 Å². The number of carbonyl (C=O) groups excluding carboxylic acids is 2. The zero-order chi connectivity index (χ0) is 20.4. The number of hydrogen-bond donors (Lipinski definition) is 1. The van der Waals surface area contributed by atoms with Crippen molar-refractivity contribution in [3.8, 4) is 0 Å². The largest absolute Gasteiger partial charge is 0.367 e. The Hall–Kier alpha value is -3.45. The van der Waals surface area contributed by atoms with Crippen LogP contribution in [0.5, 0.6) is 0 Å². The Morgan fingerprint density at radius 1 is 1.31 bits per heavy atom. The molecule has 2 aromatic heterocycles. The molecule has 2 amide bonds. The lowest BCUT2D eigenvalue weighted by atomic mass is 10.2. The predicted molar refractivity (Wildman–Crippen MR) is 111 cm³/mol. The Morgan fingerprint density at radius 3 is 2.97 bits per heavy atom. The number of benzene rings is 1. The number of carbonyl (C=O) groups is 2. The summed E-state index contributed by atoms with van der Waals surface area (Å²) in [5.41, 5.74) is 3.77. The second-order valence-electron chi connectivity index (χ2n) is 7.10. The van der Waals surface area contributed by atoms with Crippen LogP contribution in [0.1, 0.15) is 16.8 Å². The number of aryl methyl sites for hydroxylation is 1. The summed E-state index contributed by atoms with van der Waals surface area (Å²) in [6.45, 7) is 0.827. The van der Waals surface area contributed by atoms with Crippen molar-refractivity contribution >= 4 is 34.6 Å². The van der Waals surface area contributed by atoms with Gasteiger partial charge in [0.25, 0.3) is 5.91 Å². The number of anilines is 1. The second kappa shape index (κ2) is 7.89. The predicted octanol–water partition coefficient (Wildman–Crippen LogP) is 2.71. The molecule has 4 rings (SSSR count). The molecule has 1 aliphatic heterocycles. The molecule has 0 saturated carbocycles. The summed E-state index contributed by atoms with van der Waals surface area (Å²) < 4.78 is 7.41. The van der Waals surface area contributed by atoms with E-state index in [1.807, 2.05) is 25.2 Å². The molecule has 0 aliphatic carbocycles. The van der Waals surface area contributed by atoms with Gasteiger partial charge in [-0.3, -0.25) is 9.59 Å². The van der Waals surface area contributed by atoms with Crippen LogP contribution in [0, 0.1) is 0 Å². The zero-order valence-electron chi connectivity index (χ0n) is 16.4. The maximum Gasteiger partial charge on any atom is 0.251 e. The van der Waals surface area contributed by atoms with Crippen molar-refractivity contribution in [2.75, 3.05) is 19.0 Å². The highest BCUT2D eigenvalue weighted by Gasteiger charge is 2.15. The van der Waals surface area contributed by atoms with Gasteiger partial charge in [-0.15, -0.1) is 0 Å². The molecule has 3 heterocycles. The van der Waals surface area contributed by atoms with E-state index in [9.17, 15) is 9.59 Å². The van der Waals surface area contributed by atoms with Gasteiger partial charge in [-0.2, -0.15) is 0 Å². The smallest absolute Gasteiger partial charge is 0.251 e. The molecule has 7 nitrogen and oxygen atoms in total. The lowest BCUT2D eigenvalue weighted by Crippen LogP contribution is -2.25. The number of nitrogens with one attached hydrogen (secondary N) is 1. The van der Waals surface area contributed by atoms with Crippen molar-refractivity contribution in [1.29, 1.82) is 0 Å². The highest BCUT2D eigenvalue weighted by molar-refractivity contribution is 5.93. The van der Waals surface area contributed by atoms with E-state index in [0.717, 1.165) is 27.7 Å². The number of para-hydroxylation sites is 1. The number of ether oxygens (including phenoxy) is 1. The van der Waals surface area contributed by atoms with Gasteiger partial charge in [0.1, 0.15) is 12.4 Å². The van der Waals surface area contributed by atoms with Gasteiger partial charge < -0.3 is 19.5 Å². The number of pyridine rings is 1. The van der Waals surface area contributed by atoms with Gasteiger partial charge in [0.15, 0.2) is 0 Å². The molecule has 0 spiro atoms. The summed E-state index contributed by atoms with van der Waals surface area (Å²) in [7, 11) is 3.79. The van der Waals surface area contributed by atoms with Crippen LogP contribution in [0.4, 0.5) is 5.82 Å². The molecule has 0 unspecified atom stereocenters. The molecular weight excluding hydrogens is 368 g/mol. The Kier molecular flexibility index (Phi) is 5.14. The number of fused-ring (bicyclic) bond motifs is 2. The summed E-state index contributed by atoms with van der Waals surface area (Å²) in [6.07, 6.45) is 4.88. The van der Waals surface area contributed by atoms with Crippen molar-refractivity contribution in [3.63, 3.8) is 0 Å². The Morgan fingerprint density at radius 2 is 2.14 bits per heavy atom. The standard InChI is InChI=1S/C22H22N4O3/c1-25(12-18-10-16-5-3-4-6-19(16)26(18)2)21(28)8-7-15-9-17-13-29-14-20(27)24-22(17)23-11-15/h3-11H,12-14H2,1-2H3,(H,23,24,27). The monoisotopic (exact) mass is 390 g/mol. The van der Waals surface area contributed by atoms with E-state index >= 15 is 0 Å². The van der Waals surface area contributed by atoms with Crippen LogP contribution in [-0.4, -0.2) is 39.9 Å². The summed E-state index contributed by atoms with van der Waals surface area (Å²) >= 11 is 0. The SMILES string of the molecule is CN(Cc1cc2ccccc2n1C)C(=O)C=Cc1cnc2c(c1)COCC(=O)N2. The minimum absolute atomic E-state index is 0.0129. The fourth-order valence-corrected chi connectivity index (χ4v) is 3.38. The van der Waals surface area contributed by atoms with Gasteiger partial charge in [0.2, 0.25) is 5.91 Å².